The minimum absolute atomic E-state index is 0.0623. The Morgan fingerprint density at radius 2 is 1.84 bits per heavy atom. The number of amides is 1. The highest BCUT2D eigenvalue weighted by Gasteiger charge is 2.06. The first-order valence-electron chi connectivity index (χ1n) is 5.63. The van der Waals surface area contributed by atoms with Gasteiger partial charge < -0.3 is 16.2 Å². The van der Waals surface area contributed by atoms with Gasteiger partial charge in [-0.25, -0.2) is 4.39 Å². The Morgan fingerprint density at radius 1 is 1.16 bits per heavy atom. The quantitative estimate of drug-likeness (QED) is 0.826. The van der Waals surface area contributed by atoms with E-state index in [1.165, 1.54) is 6.07 Å². The fourth-order valence-electron chi connectivity index (χ4n) is 1.59. The molecule has 0 spiro atoms. The molecule has 0 bridgehead atoms. The van der Waals surface area contributed by atoms with Crippen LogP contribution in [-0.4, -0.2) is 5.91 Å². The van der Waals surface area contributed by atoms with E-state index in [4.69, 9.17) is 16.2 Å². The average Bonchev–Trinajstić information content (AvgIpc) is 2.41. The molecule has 0 radical (unpaired) electrons. The smallest absolute Gasteiger partial charge is 0.248 e. The largest absolute Gasteiger partial charge is 0.489 e. The fourth-order valence-corrected chi connectivity index (χ4v) is 1.59. The van der Waals surface area contributed by atoms with E-state index in [0.717, 1.165) is 0 Å². The Labute approximate surface area is 109 Å². The summed E-state index contributed by atoms with van der Waals surface area (Å²) in [6, 6.07) is 11.0. The van der Waals surface area contributed by atoms with E-state index in [0.29, 0.717) is 16.9 Å². The maximum absolute atomic E-state index is 13.6. The van der Waals surface area contributed by atoms with Gasteiger partial charge in [0.2, 0.25) is 5.91 Å². The van der Waals surface area contributed by atoms with Crippen LogP contribution >= 0.6 is 0 Å². The number of nitrogen functional groups attached to an aromatic ring is 1. The van der Waals surface area contributed by atoms with Gasteiger partial charge in [-0.05, 0) is 30.3 Å². The molecule has 4 nitrogen and oxygen atoms in total. The molecule has 0 atom stereocenters. The molecule has 19 heavy (non-hydrogen) atoms. The van der Waals surface area contributed by atoms with Crippen molar-refractivity contribution in [2.24, 2.45) is 5.73 Å². The number of carbonyl (C=O) groups excluding carboxylic acids is 1. The second kappa shape index (κ2) is 5.39. The Balaban J connectivity index is 2.06. The molecular weight excluding hydrogens is 247 g/mol. The lowest BCUT2D eigenvalue weighted by molar-refractivity contribution is 0.100. The molecule has 0 saturated carbocycles. The van der Waals surface area contributed by atoms with Crippen molar-refractivity contribution < 1.29 is 13.9 Å². The fraction of sp³-hybridized carbons (Fsp3) is 0.0714. The van der Waals surface area contributed by atoms with E-state index < -0.39 is 11.7 Å². The summed E-state index contributed by atoms with van der Waals surface area (Å²) in [5.41, 5.74) is 11.4. The van der Waals surface area contributed by atoms with Crippen LogP contribution in [0.5, 0.6) is 5.75 Å². The van der Waals surface area contributed by atoms with Gasteiger partial charge in [-0.15, -0.1) is 0 Å². The van der Waals surface area contributed by atoms with Crippen molar-refractivity contribution in [3.05, 3.63) is 59.4 Å². The zero-order valence-corrected chi connectivity index (χ0v) is 10.1. The van der Waals surface area contributed by atoms with Crippen molar-refractivity contribution in [2.45, 2.75) is 6.61 Å². The van der Waals surface area contributed by atoms with Gasteiger partial charge in [0, 0.05) is 11.1 Å². The first-order chi connectivity index (χ1) is 9.08. The van der Waals surface area contributed by atoms with Crippen LogP contribution in [0.1, 0.15) is 15.9 Å². The summed E-state index contributed by atoms with van der Waals surface area (Å²) in [6.07, 6.45) is 0. The van der Waals surface area contributed by atoms with Crippen LogP contribution in [0.2, 0.25) is 0 Å². The van der Waals surface area contributed by atoms with Gasteiger partial charge in [0.15, 0.2) is 5.82 Å². The highest BCUT2D eigenvalue weighted by Crippen LogP contribution is 2.18. The standard InChI is InChI=1S/C14H13FN2O2/c15-13-10(2-1-3-12(13)16)8-19-11-6-4-9(5-7-11)14(17)18/h1-7H,8,16H2,(H2,17,18). The molecule has 0 aromatic heterocycles. The van der Waals surface area contributed by atoms with Gasteiger partial charge in [-0.2, -0.15) is 0 Å². The molecule has 5 heteroatoms. The number of carbonyl (C=O) groups is 1. The lowest BCUT2D eigenvalue weighted by Gasteiger charge is -2.08. The van der Waals surface area contributed by atoms with Crippen LogP contribution in [0, 0.1) is 5.82 Å². The topological polar surface area (TPSA) is 78.3 Å². The zero-order valence-electron chi connectivity index (χ0n) is 10.1. The molecule has 2 aromatic carbocycles. The molecular formula is C14H13FN2O2. The molecule has 0 fully saturated rings. The number of hydrogen-bond acceptors (Lipinski definition) is 3. The number of nitrogens with two attached hydrogens (primary N) is 2. The third kappa shape index (κ3) is 3.01. The summed E-state index contributed by atoms with van der Waals surface area (Å²) in [5.74, 6) is -0.462. The first-order valence-corrected chi connectivity index (χ1v) is 5.63. The van der Waals surface area contributed by atoms with Crippen LogP contribution < -0.4 is 16.2 Å². The number of ether oxygens (including phenoxy) is 1. The Bertz CT molecular complexity index is 597. The second-order valence-corrected chi connectivity index (χ2v) is 4.00. The third-order valence-corrected chi connectivity index (χ3v) is 2.64. The lowest BCUT2D eigenvalue weighted by atomic mass is 10.2. The summed E-state index contributed by atoms with van der Waals surface area (Å²) < 4.78 is 19.0. The monoisotopic (exact) mass is 260 g/mol. The molecule has 98 valence electrons. The Kier molecular flexibility index (Phi) is 3.66. The number of anilines is 1. The number of hydrogen-bond donors (Lipinski definition) is 2. The summed E-state index contributed by atoms with van der Waals surface area (Å²) in [7, 11) is 0. The normalized spacial score (nSPS) is 10.2. The molecule has 0 saturated heterocycles. The highest BCUT2D eigenvalue weighted by atomic mass is 19.1. The highest BCUT2D eigenvalue weighted by molar-refractivity contribution is 5.92. The van der Waals surface area contributed by atoms with E-state index in [-0.39, 0.29) is 12.3 Å². The van der Waals surface area contributed by atoms with Crippen molar-refractivity contribution in [1.29, 1.82) is 0 Å². The van der Waals surface area contributed by atoms with Gasteiger partial charge in [0.05, 0.1) is 5.69 Å². The molecule has 0 unspecified atom stereocenters. The van der Waals surface area contributed by atoms with Crippen molar-refractivity contribution in [1.82, 2.24) is 0 Å². The van der Waals surface area contributed by atoms with E-state index in [1.54, 1.807) is 36.4 Å². The van der Waals surface area contributed by atoms with E-state index in [9.17, 15) is 9.18 Å². The molecule has 4 N–H and O–H groups in total. The molecule has 0 heterocycles. The van der Waals surface area contributed by atoms with Gasteiger partial charge in [0.25, 0.3) is 0 Å². The van der Waals surface area contributed by atoms with Crippen LogP contribution in [0.25, 0.3) is 0 Å². The van der Waals surface area contributed by atoms with Crippen LogP contribution in [0.15, 0.2) is 42.5 Å². The van der Waals surface area contributed by atoms with Crippen LogP contribution in [0.4, 0.5) is 10.1 Å². The molecule has 0 aliphatic carbocycles. The van der Waals surface area contributed by atoms with Crippen molar-refractivity contribution >= 4 is 11.6 Å². The van der Waals surface area contributed by atoms with E-state index in [2.05, 4.69) is 0 Å². The van der Waals surface area contributed by atoms with Gasteiger partial charge >= 0.3 is 0 Å². The van der Waals surface area contributed by atoms with Crippen LogP contribution in [0.3, 0.4) is 0 Å². The van der Waals surface area contributed by atoms with Crippen molar-refractivity contribution in [3.63, 3.8) is 0 Å². The average molecular weight is 260 g/mol. The Morgan fingerprint density at radius 3 is 2.47 bits per heavy atom. The van der Waals surface area contributed by atoms with E-state index >= 15 is 0 Å². The first kappa shape index (κ1) is 12.9. The summed E-state index contributed by atoms with van der Waals surface area (Å²) >= 11 is 0. The third-order valence-electron chi connectivity index (χ3n) is 2.64. The van der Waals surface area contributed by atoms with Crippen LogP contribution in [-0.2, 0) is 6.61 Å². The van der Waals surface area contributed by atoms with Gasteiger partial charge in [-0.3, -0.25) is 4.79 Å². The summed E-state index contributed by atoms with van der Waals surface area (Å²) in [4.78, 5) is 10.9. The zero-order chi connectivity index (χ0) is 13.8. The molecule has 0 aliphatic heterocycles. The minimum atomic E-state index is -0.506. The lowest BCUT2D eigenvalue weighted by Crippen LogP contribution is -2.10. The minimum Gasteiger partial charge on any atom is -0.489 e. The maximum atomic E-state index is 13.6. The molecule has 2 rings (SSSR count). The predicted molar refractivity (Wildman–Crippen MR) is 70.1 cm³/mol. The number of halogens is 1. The Hall–Kier alpha value is -2.56. The van der Waals surface area contributed by atoms with Crippen molar-refractivity contribution in [2.75, 3.05) is 5.73 Å². The van der Waals surface area contributed by atoms with Gasteiger partial charge in [-0.1, -0.05) is 12.1 Å². The summed E-state index contributed by atoms with van der Waals surface area (Å²) in [6.45, 7) is 0.0623. The number of benzene rings is 2. The van der Waals surface area contributed by atoms with Gasteiger partial charge in [0.1, 0.15) is 12.4 Å². The molecule has 0 aliphatic rings. The predicted octanol–water partition coefficient (Wildman–Crippen LogP) is 2.09. The van der Waals surface area contributed by atoms with Crippen molar-refractivity contribution in [3.8, 4) is 5.75 Å². The summed E-state index contributed by atoms with van der Waals surface area (Å²) in [5, 5.41) is 0. The SMILES string of the molecule is NC(=O)c1ccc(OCc2cccc(N)c2F)cc1. The molecule has 1 amide bonds. The maximum Gasteiger partial charge on any atom is 0.248 e. The van der Waals surface area contributed by atoms with E-state index in [1.807, 2.05) is 0 Å². The number of rotatable bonds is 4. The molecule has 2 aromatic rings. The number of primary amides is 1. The second-order valence-electron chi connectivity index (χ2n) is 4.00.